The van der Waals surface area contributed by atoms with E-state index in [9.17, 15) is 14.4 Å². The summed E-state index contributed by atoms with van der Waals surface area (Å²) in [5.41, 5.74) is 0.340. The number of hydrogen-bond acceptors (Lipinski definition) is 8. The van der Waals surface area contributed by atoms with Gasteiger partial charge in [0.05, 0.1) is 11.3 Å². The number of rotatable bonds is 6. The Morgan fingerprint density at radius 3 is 2.72 bits per heavy atom. The van der Waals surface area contributed by atoms with Crippen molar-refractivity contribution in [2.75, 3.05) is 0 Å². The lowest BCUT2D eigenvalue weighted by atomic mass is 10.2. The summed E-state index contributed by atoms with van der Waals surface area (Å²) in [6.07, 6.45) is 0.122. The maximum atomic E-state index is 12.0. The Hall–Kier alpha value is -2.39. The molecule has 0 spiro atoms. The number of hydrogen-bond donors (Lipinski definition) is 0. The standard InChI is InChI=1S/C16H15N3O4S2/c1-9-7-14(21)19-16(17-9)25-13(18-19)8-23-15(22)6-4-11(20)12-5-3-10(2)24-12/h3,5,7H,4,6,8H2,1-2H3. The number of fused-ring (bicyclic) bond motifs is 1. The highest BCUT2D eigenvalue weighted by molar-refractivity contribution is 7.16. The number of carbonyl (C=O) groups excluding carboxylic acids is 2. The highest BCUT2D eigenvalue weighted by Crippen LogP contribution is 2.18. The second kappa shape index (κ2) is 7.24. The van der Waals surface area contributed by atoms with Crippen LogP contribution >= 0.6 is 22.7 Å². The van der Waals surface area contributed by atoms with Gasteiger partial charge in [-0.05, 0) is 26.0 Å². The molecule has 3 aromatic heterocycles. The van der Waals surface area contributed by atoms with Crippen LogP contribution in [0.25, 0.3) is 4.96 Å². The summed E-state index contributed by atoms with van der Waals surface area (Å²) >= 11 is 2.60. The van der Waals surface area contributed by atoms with Crippen LogP contribution in [0.15, 0.2) is 23.0 Å². The maximum Gasteiger partial charge on any atom is 0.306 e. The zero-order valence-corrected chi connectivity index (χ0v) is 15.3. The SMILES string of the molecule is Cc1cc(=O)n2nc(COC(=O)CCC(=O)c3ccc(C)s3)sc2n1. The molecule has 0 aliphatic rings. The van der Waals surface area contributed by atoms with Crippen LogP contribution in [0, 0.1) is 13.8 Å². The van der Waals surface area contributed by atoms with Crippen LogP contribution in [0.4, 0.5) is 0 Å². The molecule has 3 rings (SSSR count). The minimum absolute atomic E-state index is 0.0119. The Kier molecular flexibility index (Phi) is 5.05. The first-order valence-corrected chi connectivity index (χ1v) is 9.17. The molecule has 0 bridgehead atoms. The normalized spacial score (nSPS) is 11.0. The summed E-state index contributed by atoms with van der Waals surface area (Å²) < 4.78 is 6.32. The van der Waals surface area contributed by atoms with Gasteiger partial charge in [-0.3, -0.25) is 14.4 Å². The molecule has 0 saturated heterocycles. The predicted molar refractivity (Wildman–Crippen MR) is 94.3 cm³/mol. The van der Waals surface area contributed by atoms with Gasteiger partial charge < -0.3 is 4.74 Å². The molecular formula is C16H15N3O4S2. The monoisotopic (exact) mass is 377 g/mol. The lowest BCUT2D eigenvalue weighted by Gasteiger charge is -2.01. The number of aryl methyl sites for hydroxylation is 2. The Balaban J connectivity index is 1.55. The number of carbonyl (C=O) groups is 2. The summed E-state index contributed by atoms with van der Waals surface area (Å²) in [4.78, 5) is 42.0. The van der Waals surface area contributed by atoms with E-state index in [0.29, 0.717) is 20.5 Å². The van der Waals surface area contributed by atoms with Gasteiger partial charge in [-0.2, -0.15) is 9.61 Å². The molecule has 0 unspecified atom stereocenters. The van der Waals surface area contributed by atoms with E-state index in [1.807, 2.05) is 13.0 Å². The van der Waals surface area contributed by atoms with Gasteiger partial charge >= 0.3 is 5.97 Å². The van der Waals surface area contributed by atoms with Crippen molar-refractivity contribution in [2.45, 2.75) is 33.3 Å². The van der Waals surface area contributed by atoms with Crippen LogP contribution in [-0.2, 0) is 16.1 Å². The average Bonchev–Trinajstić information content (AvgIpc) is 3.16. The van der Waals surface area contributed by atoms with Crippen molar-refractivity contribution < 1.29 is 14.3 Å². The molecular weight excluding hydrogens is 362 g/mol. The van der Waals surface area contributed by atoms with Crippen molar-refractivity contribution in [2.24, 2.45) is 0 Å². The first-order chi connectivity index (χ1) is 11.9. The molecule has 0 saturated carbocycles. The Bertz CT molecular complexity index is 1000. The Morgan fingerprint density at radius 2 is 2.00 bits per heavy atom. The van der Waals surface area contributed by atoms with E-state index in [4.69, 9.17) is 4.74 Å². The second-order valence-electron chi connectivity index (χ2n) is 5.42. The highest BCUT2D eigenvalue weighted by Gasteiger charge is 2.13. The first kappa shape index (κ1) is 17.4. The fourth-order valence-corrected chi connectivity index (χ4v) is 3.85. The van der Waals surface area contributed by atoms with Gasteiger partial charge in [0.25, 0.3) is 5.56 Å². The summed E-state index contributed by atoms with van der Waals surface area (Å²) in [6, 6.07) is 5.03. The van der Waals surface area contributed by atoms with Crippen LogP contribution in [0.3, 0.4) is 0 Å². The van der Waals surface area contributed by atoms with E-state index in [1.54, 1.807) is 13.0 Å². The largest absolute Gasteiger partial charge is 0.458 e. The lowest BCUT2D eigenvalue weighted by molar-refractivity contribution is -0.144. The number of ketones is 1. The topological polar surface area (TPSA) is 90.6 Å². The third-order valence-corrected chi connectivity index (χ3v) is 5.27. The highest BCUT2D eigenvalue weighted by atomic mass is 32.1. The molecule has 0 radical (unpaired) electrons. The minimum atomic E-state index is -0.475. The molecule has 0 atom stereocenters. The fourth-order valence-electron chi connectivity index (χ4n) is 2.16. The fraction of sp³-hybridized carbons (Fsp3) is 0.312. The Labute approximate surface area is 150 Å². The van der Waals surface area contributed by atoms with Crippen LogP contribution in [0.2, 0.25) is 0 Å². The number of esters is 1. The Morgan fingerprint density at radius 1 is 1.20 bits per heavy atom. The third kappa shape index (κ3) is 4.18. The van der Waals surface area contributed by atoms with Crippen molar-refractivity contribution in [3.8, 4) is 0 Å². The molecule has 0 aromatic carbocycles. The van der Waals surface area contributed by atoms with Gasteiger partial charge in [0, 0.05) is 23.1 Å². The van der Waals surface area contributed by atoms with Crippen molar-refractivity contribution in [3.63, 3.8) is 0 Å². The summed E-state index contributed by atoms with van der Waals surface area (Å²) in [5, 5.41) is 4.56. The van der Waals surface area contributed by atoms with Crippen LogP contribution in [0.1, 0.15) is 38.1 Å². The molecule has 0 aliphatic heterocycles. The number of ether oxygens (including phenoxy) is 1. The molecule has 25 heavy (non-hydrogen) atoms. The van der Waals surface area contributed by atoms with E-state index in [0.717, 1.165) is 4.88 Å². The quantitative estimate of drug-likeness (QED) is 0.484. The lowest BCUT2D eigenvalue weighted by Crippen LogP contribution is -2.14. The van der Waals surface area contributed by atoms with E-state index >= 15 is 0 Å². The zero-order chi connectivity index (χ0) is 18.0. The third-order valence-electron chi connectivity index (χ3n) is 3.34. The molecule has 0 N–H and O–H groups in total. The van der Waals surface area contributed by atoms with Crippen molar-refractivity contribution in [3.05, 3.63) is 49.0 Å². The molecule has 3 aromatic rings. The van der Waals surface area contributed by atoms with Gasteiger partial charge in [-0.15, -0.1) is 11.3 Å². The molecule has 0 amide bonds. The summed E-state index contributed by atoms with van der Waals surface area (Å²) in [7, 11) is 0. The second-order valence-corrected chi connectivity index (χ2v) is 7.75. The number of aromatic nitrogens is 3. The minimum Gasteiger partial charge on any atom is -0.458 e. The van der Waals surface area contributed by atoms with Crippen molar-refractivity contribution in [1.82, 2.24) is 14.6 Å². The number of thiophene rings is 1. The van der Waals surface area contributed by atoms with Crippen molar-refractivity contribution >= 4 is 39.4 Å². The smallest absolute Gasteiger partial charge is 0.306 e. The summed E-state index contributed by atoms with van der Waals surface area (Å²) in [6.45, 7) is 3.61. The van der Waals surface area contributed by atoms with E-state index in [2.05, 4.69) is 10.1 Å². The summed E-state index contributed by atoms with van der Waals surface area (Å²) in [5.74, 6) is -0.543. The predicted octanol–water partition coefficient (Wildman–Crippen LogP) is 2.54. The van der Waals surface area contributed by atoms with Crippen molar-refractivity contribution in [1.29, 1.82) is 0 Å². The number of Topliss-reactive ketones (excluding diaryl/α,β-unsaturated/α-hetero) is 1. The van der Waals surface area contributed by atoms with Crippen LogP contribution in [-0.4, -0.2) is 26.4 Å². The number of nitrogens with zero attached hydrogens (tertiary/aromatic N) is 3. The molecule has 9 heteroatoms. The first-order valence-electron chi connectivity index (χ1n) is 7.54. The molecule has 130 valence electrons. The molecule has 3 heterocycles. The van der Waals surface area contributed by atoms with Crippen LogP contribution < -0.4 is 5.56 Å². The zero-order valence-electron chi connectivity index (χ0n) is 13.6. The van der Waals surface area contributed by atoms with Gasteiger partial charge in [0.1, 0.15) is 6.61 Å². The van der Waals surface area contributed by atoms with E-state index < -0.39 is 5.97 Å². The van der Waals surface area contributed by atoms with Gasteiger partial charge in [-0.25, -0.2) is 4.98 Å². The van der Waals surface area contributed by atoms with Gasteiger partial charge in [-0.1, -0.05) is 11.3 Å². The van der Waals surface area contributed by atoms with Gasteiger partial charge in [0.2, 0.25) is 4.96 Å². The van der Waals surface area contributed by atoms with E-state index in [1.165, 1.54) is 33.3 Å². The maximum absolute atomic E-state index is 12.0. The van der Waals surface area contributed by atoms with Gasteiger partial charge in [0.15, 0.2) is 10.8 Å². The molecule has 7 nitrogen and oxygen atoms in total. The molecule has 0 aliphatic carbocycles. The average molecular weight is 377 g/mol. The van der Waals surface area contributed by atoms with Crippen LogP contribution in [0.5, 0.6) is 0 Å². The molecule has 0 fully saturated rings. The van der Waals surface area contributed by atoms with E-state index in [-0.39, 0.29) is 30.8 Å².